The molecule has 1 unspecified atom stereocenters. The number of aromatic amines is 5. The number of hydrogen-bond donors (Lipinski definition) is 7. The number of azo groups is 1. The number of imidazole rings is 2. The van der Waals surface area contributed by atoms with Crippen LogP contribution in [-0.2, 0) is 4.79 Å². The molecule has 20 nitrogen and oxygen atoms in total. The number of carbonyl (C=O) groups is 1. The Bertz CT molecular complexity index is 3110. The van der Waals surface area contributed by atoms with Crippen molar-refractivity contribution in [2.45, 2.75) is 252 Å². The van der Waals surface area contributed by atoms with Crippen molar-refractivity contribution in [1.82, 2.24) is 60.3 Å². The first kappa shape index (κ1) is 98.3. The summed E-state index contributed by atoms with van der Waals surface area (Å²) >= 11 is 3.55. The van der Waals surface area contributed by atoms with Gasteiger partial charge in [-0.25, -0.2) is 29.9 Å². The Morgan fingerprint density at radius 1 is 0.561 bits per heavy atom. The predicted molar refractivity (Wildman–Crippen MR) is 436 cm³/mol. The van der Waals surface area contributed by atoms with E-state index >= 15 is 0 Å². The Morgan fingerprint density at radius 3 is 1.45 bits per heavy atom. The standard InChI is InChI=1S/C8H10O2.C8H12.C7H11N.C7H10O.C7H10S.3C6H10N2.C6H9NO.C6H9NS.C5H9F3O.2C5H9N3/c1-4(2)6-5(3)7(9)8(6)10;1-7(2)8-5-3-4-6-8;3*1-6(2)7-4-3-5-8-7;1-5(2)6-3-7-4-8-6;1-5(2)6-7-3-4-8-6;1-5(2)6-3-4-7-8-6;2*1-5(2)6-7-3-4-8-6;1-3(2)4(9)5(6,7)8;2*1-4(2)5-6-3-7-8-5/h4,10H,3H2,1-2H3;3,5-7H,4H2,1-2H3;3-6,8H,1-2H3;2*3-6H,1-2H3;3*3-5H,1-2H3,(H,7,8);2*3-5H,1-2H3;3-4,9H,1-2H3;4H,3H2,1-2H3;3-4H,1-2H3,(H,6,7,8). The maximum Gasteiger partial charge on any atom is 0.414 e. The molecular weight excluding hydrogens is 1400 g/mol. The number of ketones is 1. The molecule has 1 aliphatic heterocycles. The average molecular weight is 1530 g/mol. The number of oxazole rings is 1. The molecule has 0 saturated heterocycles. The SMILES string of the molecule is C=C1C(=O)C(O)=C1C(C)C.CC(C)C(O)C(F)(F)F.CC(C)C1=CCC=C1.CC(C)C1=NCN=N1.CC(C)c1ccc[nH]1.CC(C)c1ccco1.CC(C)c1cccs1.CC(C)c1ccn[nH]1.CC(C)c1cnc[nH]1.CC(C)c1ncc[nH]1.CC(C)c1ncco1.CC(C)c1nccs1.CC(C)c1ncn[nH]1. The molecule has 0 amide bonds. The topological polar surface area (TPSA) is 290 Å². The number of rotatable bonds is 13. The van der Waals surface area contributed by atoms with Crippen molar-refractivity contribution in [2.75, 3.05) is 6.67 Å². The number of allylic oxidation sites excluding steroid dienone is 6. The molecule has 1 atom stereocenters. The van der Waals surface area contributed by atoms with Crippen molar-refractivity contribution in [2.24, 2.45) is 38.9 Å². The molecule has 0 aromatic carbocycles. The van der Waals surface area contributed by atoms with Crippen LogP contribution in [0.1, 0.15) is 290 Å². The number of alkyl halides is 3. The van der Waals surface area contributed by atoms with Crippen molar-refractivity contribution in [3.63, 3.8) is 0 Å². The van der Waals surface area contributed by atoms with Crippen LogP contribution >= 0.6 is 22.7 Å². The Kier molecular flexibility index (Phi) is 50.4. The summed E-state index contributed by atoms with van der Waals surface area (Å²) in [6, 6.07) is 14.3. The highest BCUT2D eigenvalue weighted by Gasteiger charge is 2.40. The number of nitrogens with one attached hydrogen (secondary N) is 5. The second kappa shape index (κ2) is 54.8. The fourth-order valence-corrected chi connectivity index (χ4v) is 9.55. The lowest BCUT2D eigenvalue weighted by Gasteiger charge is -2.22. The van der Waals surface area contributed by atoms with Gasteiger partial charge < -0.3 is 34.0 Å². The van der Waals surface area contributed by atoms with E-state index in [-0.39, 0.29) is 17.5 Å². The van der Waals surface area contributed by atoms with E-state index in [0.29, 0.717) is 82.9 Å². The van der Waals surface area contributed by atoms with Gasteiger partial charge in [-0.2, -0.15) is 28.5 Å². The summed E-state index contributed by atoms with van der Waals surface area (Å²) in [4.78, 5) is 45.3. The number of thiophene rings is 1. The molecule has 12 rings (SSSR count). The van der Waals surface area contributed by atoms with Gasteiger partial charge in [0, 0.05) is 111 Å². The first-order chi connectivity index (χ1) is 50.3. The molecule has 0 radical (unpaired) electrons. The number of carbonyl (C=O) groups excluding carboxylic acids is 1. The van der Waals surface area contributed by atoms with Crippen molar-refractivity contribution in [3.05, 3.63) is 219 Å². The molecule has 107 heavy (non-hydrogen) atoms. The molecular formula is C82H128F3N15O5S2. The van der Waals surface area contributed by atoms with Gasteiger partial charge in [-0.05, 0) is 95.2 Å². The van der Waals surface area contributed by atoms with Crippen molar-refractivity contribution in [3.8, 4) is 0 Å². The number of thiazole rings is 1. The highest BCUT2D eigenvalue weighted by Crippen LogP contribution is 2.33. The monoisotopic (exact) mass is 1520 g/mol. The number of halogens is 3. The van der Waals surface area contributed by atoms with Crippen LogP contribution < -0.4 is 0 Å². The minimum Gasteiger partial charge on any atom is -0.504 e. The van der Waals surface area contributed by atoms with Gasteiger partial charge in [-0.1, -0.05) is 211 Å². The summed E-state index contributed by atoms with van der Waals surface area (Å²) in [6.45, 7) is 57.4. The molecule has 2 aliphatic carbocycles. The van der Waals surface area contributed by atoms with Gasteiger partial charge in [0.15, 0.2) is 24.4 Å². The zero-order chi connectivity index (χ0) is 81.4. The van der Waals surface area contributed by atoms with Crippen LogP contribution in [0.15, 0.2) is 193 Å². The van der Waals surface area contributed by atoms with E-state index in [9.17, 15) is 18.0 Å². The minimum atomic E-state index is -4.46. The lowest BCUT2D eigenvalue weighted by Crippen LogP contribution is -2.33. The number of Topliss-reactive ketones (excluding diaryl/α,β-unsaturated/α-hetero) is 1. The Morgan fingerprint density at radius 2 is 1.22 bits per heavy atom. The molecule has 0 fully saturated rings. The summed E-state index contributed by atoms with van der Waals surface area (Å²) in [7, 11) is 0. The number of aromatic nitrogens is 12. The molecule has 25 heteroatoms. The van der Waals surface area contributed by atoms with E-state index in [2.05, 4.69) is 262 Å². The quantitative estimate of drug-likeness (QED) is 0.0531. The normalized spacial score (nSPS) is 12.7. The largest absolute Gasteiger partial charge is 0.504 e. The predicted octanol–water partition coefficient (Wildman–Crippen LogP) is 24.2. The zero-order valence-corrected chi connectivity index (χ0v) is 70.2. The molecule has 9 aromatic rings. The first-order valence-electron chi connectivity index (χ1n) is 36.8. The first-order valence-corrected chi connectivity index (χ1v) is 38.5. The van der Waals surface area contributed by atoms with Gasteiger partial charge in [0.2, 0.25) is 5.78 Å². The number of aliphatic hydroxyl groups excluding tert-OH is 2. The molecule has 0 spiro atoms. The van der Waals surface area contributed by atoms with Crippen LogP contribution in [0.2, 0.25) is 0 Å². The second-order valence-electron chi connectivity index (χ2n) is 28.7. The van der Waals surface area contributed by atoms with Crippen molar-refractivity contribution >= 4 is 34.3 Å². The smallest absolute Gasteiger partial charge is 0.414 e. The lowest BCUT2D eigenvalue weighted by molar-refractivity contribution is -0.215. The van der Waals surface area contributed by atoms with Gasteiger partial charge in [-0.15, -0.1) is 27.8 Å². The van der Waals surface area contributed by atoms with Crippen LogP contribution in [0.25, 0.3) is 0 Å². The Balaban J connectivity index is 0.00000114. The third-order valence-corrected chi connectivity index (χ3v) is 17.0. The number of aliphatic imine (C=N–C) groups is 1. The van der Waals surface area contributed by atoms with Crippen molar-refractivity contribution in [1.29, 1.82) is 0 Å². The number of amidine groups is 1. The van der Waals surface area contributed by atoms with Crippen LogP contribution in [0.4, 0.5) is 13.2 Å². The molecule has 7 N–H and O–H groups in total. The van der Waals surface area contributed by atoms with Crippen molar-refractivity contribution < 1.29 is 37.0 Å². The summed E-state index contributed by atoms with van der Waals surface area (Å²) in [5, 5.41) is 43.4. The molecule has 594 valence electrons. The van der Waals surface area contributed by atoms with Crippen LogP contribution in [0, 0.1) is 23.7 Å². The van der Waals surface area contributed by atoms with Crippen LogP contribution in [0.5, 0.6) is 0 Å². The van der Waals surface area contributed by atoms with Gasteiger partial charge in [0.05, 0.1) is 23.8 Å². The minimum absolute atomic E-state index is 0.0972. The number of aliphatic hydroxyl groups is 2. The summed E-state index contributed by atoms with van der Waals surface area (Å²) in [6.07, 6.45) is 20.4. The van der Waals surface area contributed by atoms with Gasteiger partial charge in [0.1, 0.15) is 35.8 Å². The maximum atomic E-state index is 11.4. The second-order valence-corrected chi connectivity index (χ2v) is 30.6. The number of nitrogens with zero attached hydrogens (tertiary/aromatic N) is 10. The molecule has 0 saturated carbocycles. The molecule has 3 aliphatic rings. The molecule has 10 heterocycles. The van der Waals surface area contributed by atoms with Gasteiger partial charge in [0.25, 0.3) is 0 Å². The molecule has 0 bridgehead atoms. The maximum absolute atomic E-state index is 11.4. The summed E-state index contributed by atoms with van der Waals surface area (Å²) in [5.41, 5.74) is 6.38. The van der Waals surface area contributed by atoms with Gasteiger partial charge >= 0.3 is 6.18 Å². The third-order valence-electron chi connectivity index (χ3n) is 14.8. The van der Waals surface area contributed by atoms with Crippen LogP contribution in [-0.4, -0.2) is 101 Å². The molecule has 9 aromatic heterocycles. The fourth-order valence-electron chi connectivity index (χ4n) is 8.15. The van der Waals surface area contributed by atoms with E-state index < -0.39 is 18.2 Å². The Hall–Kier alpha value is -8.68. The number of furan rings is 1. The van der Waals surface area contributed by atoms with E-state index in [4.69, 9.17) is 19.0 Å². The van der Waals surface area contributed by atoms with E-state index in [1.54, 1.807) is 48.8 Å². The average Bonchev–Trinajstić information content (AvgIpc) is 1.26. The van der Waals surface area contributed by atoms with Gasteiger partial charge in [-0.3, -0.25) is 15.0 Å². The third kappa shape index (κ3) is 43.7. The Labute approximate surface area is 645 Å². The highest BCUT2D eigenvalue weighted by atomic mass is 32.1. The lowest BCUT2D eigenvalue weighted by atomic mass is 9.82. The van der Waals surface area contributed by atoms with E-state index in [0.717, 1.165) is 35.6 Å². The summed E-state index contributed by atoms with van der Waals surface area (Å²) in [5.74, 6) is 9.91. The summed E-state index contributed by atoms with van der Waals surface area (Å²) < 4.78 is 44.4. The van der Waals surface area contributed by atoms with Crippen LogP contribution in [0.3, 0.4) is 0 Å². The fraction of sp³-hybridized carbons (Fsp3) is 0.524. The van der Waals surface area contributed by atoms with E-state index in [1.807, 2.05) is 93.5 Å². The number of hydrogen-bond acceptors (Lipinski definition) is 17. The number of H-pyrrole nitrogens is 5. The zero-order valence-electron chi connectivity index (χ0n) is 68.5. The highest BCUT2D eigenvalue weighted by molar-refractivity contribution is 7.10. The van der Waals surface area contributed by atoms with E-state index in [1.165, 1.54) is 52.7 Å².